The number of hydrogen-bond donors (Lipinski definition) is 2. The predicted octanol–water partition coefficient (Wildman–Crippen LogP) is 0.407. The van der Waals surface area contributed by atoms with Crippen LogP contribution in [0.2, 0.25) is 0 Å². The third kappa shape index (κ3) is 8.01. The first-order valence-electron chi connectivity index (χ1n) is 9.53. The summed E-state index contributed by atoms with van der Waals surface area (Å²) in [6, 6.07) is 3.70. The second kappa shape index (κ2) is 11.6. The van der Waals surface area contributed by atoms with Crippen molar-refractivity contribution in [2.45, 2.75) is 18.8 Å². The second-order valence-corrected chi connectivity index (χ2v) is 9.98. The van der Waals surface area contributed by atoms with Crippen LogP contribution in [0.3, 0.4) is 0 Å². The number of carboxylic acids is 1. The van der Waals surface area contributed by atoms with E-state index in [9.17, 15) is 18.0 Å². The van der Waals surface area contributed by atoms with Gasteiger partial charge in [0.25, 0.3) is 0 Å². The molecule has 0 bridgehead atoms. The Morgan fingerprint density at radius 1 is 1.28 bits per heavy atom. The molecule has 1 aliphatic rings. The van der Waals surface area contributed by atoms with Crippen molar-refractivity contribution >= 4 is 33.2 Å². The normalized spacial score (nSPS) is 17.1. The summed E-state index contributed by atoms with van der Waals surface area (Å²) in [5.41, 5.74) is 0. The van der Waals surface area contributed by atoms with Gasteiger partial charge in [-0.2, -0.15) is 4.31 Å². The summed E-state index contributed by atoms with van der Waals surface area (Å²) in [7, 11) is -1.80. The Morgan fingerprint density at radius 2 is 2.00 bits per heavy atom. The first-order valence-corrected chi connectivity index (χ1v) is 12.0. The Morgan fingerprint density at radius 3 is 2.59 bits per heavy atom. The number of thiophene rings is 1. The summed E-state index contributed by atoms with van der Waals surface area (Å²) in [6.45, 7) is 3.33. The maximum Gasteiger partial charge on any atom is 0.304 e. The van der Waals surface area contributed by atoms with Crippen LogP contribution in [0.15, 0.2) is 17.5 Å². The van der Waals surface area contributed by atoms with E-state index in [0.29, 0.717) is 39.3 Å². The number of ether oxygens (including phenoxy) is 1. The van der Waals surface area contributed by atoms with Gasteiger partial charge in [-0.25, -0.2) is 8.42 Å². The van der Waals surface area contributed by atoms with Gasteiger partial charge in [0.05, 0.1) is 18.8 Å². The molecule has 0 aromatic carbocycles. The molecule has 1 aliphatic heterocycles. The summed E-state index contributed by atoms with van der Waals surface area (Å²) in [5, 5.41) is 13.8. The lowest BCUT2D eigenvalue weighted by Crippen LogP contribution is -2.51. The van der Waals surface area contributed by atoms with Crippen LogP contribution in [0, 0.1) is 0 Å². The highest BCUT2D eigenvalue weighted by Gasteiger charge is 2.26. The molecule has 2 rings (SSSR count). The number of amides is 1. The van der Waals surface area contributed by atoms with E-state index in [4.69, 9.17) is 9.84 Å². The number of nitrogens with zero attached hydrogens (tertiary/aromatic N) is 2. The number of sulfonamides is 1. The Balaban J connectivity index is 1.70. The van der Waals surface area contributed by atoms with E-state index < -0.39 is 16.0 Å². The van der Waals surface area contributed by atoms with Gasteiger partial charge in [-0.1, -0.05) is 6.07 Å². The van der Waals surface area contributed by atoms with Crippen LogP contribution in [0.4, 0.5) is 0 Å². The smallest absolute Gasteiger partial charge is 0.304 e. The molecule has 1 aromatic rings. The van der Waals surface area contributed by atoms with Crippen molar-refractivity contribution in [1.29, 1.82) is 0 Å². The molecule has 1 amide bonds. The van der Waals surface area contributed by atoms with Crippen LogP contribution in [-0.2, 0) is 24.3 Å². The number of aliphatic carboxylic acids is 1. The Hall–Kier alpha value is -1.53. The number of carbonyl (C=O) groups excluding carboxylic acids is 1. The molecular formula is C18H29N3O6S2. The van der Waals surface area contributed by atoms with Crippen molar-refractivity contribution in [3.8, 4) is 0 Å². The van der Waals surface area contributed by atoms with E-state index in [1.165, 1.54) is 22.8 Å². The van der Waals surface area contributed by atoms with Gasteiger partial charge in [-0.15, -0.1) is 11.3 Å². The van der Waals surface area contributed by atoms with Gasteiger partial charge in [-0.05, 0) is 11.4 Å². The van der Waals surface area contributed by atoms with E-state index in [-0.39, 0.29) is 37.0 Å². The molecule has 2 N–H and O–H groups in total. The molecule has 1 aromatic heterocycles. The molecule has 1 unspecified atom stereocenters. The molecule has 1 fully saturated rings. The SMILES string of the molecule is COCCS(=O)(=O)N1CCN(CCNC(=O)CC(CC(=O)O)c2cccs2)CC1. The van der Waals surface area contributed by atoms with Crippen molar-refractivity contribution in [2.75, 3.05) is 58.7 Å². The maximum atomic E-state index is 12.2. The maximum absolute atomic E-state index is 12.2. The van der Waals surface area contributed by atoms with Crippen LogP contribution < -0.4 is 5.32 Å². The topological polar surface area (TPSA) is 116 Å². The largest absolute Gasteiger partial charge is 0.481 e. The van der Waals surface area contributed by atoms with Gasteiger partial charge in [0.2, 0.25) is 15.9 Å². The van der Waals surface area contributed by atoms with Crippen molar-refractivity contribution in [2.24, 2.45) is 0 Å². The minimum atomic E-state index is -3.28. The molecule has 11 heteroatoms. The molecule has 0 radical (unpaired) electrons. The van der Waals surface area contributed by atoms with Gasteiger partial charge in [0, 0.05) is 63.6 Å². The molecule has 0 spiro atoms. The average Bonchev–Trinajstić information content (AvgIpc) is 3.21. The molecule has 0 saturated carbocycles. The number of rotatable bonds is 12. The summed E-state index contributed by atoms with van der Waals surface area (Å²) in [5.74, 6) is -1.44. The lowest BCUT2D eigenvalue weighted by molar-refractivity contribution is -0.137. The van der Waals surface area contributed by atoms with Crippen LogP contribution in [0.5, 0.6) is 0 Å². The number of methoxy groups -OCH3 is 1. The van der Waals surface area contributed by atoms with Gasteiger partial charge in [0.1, 0.15) is 0 Å². The third-order valence-corrected chi connectivity index (χ3v) is 7.69. The third-order valence-electron chi connectivity index (χ3n) is 4.82. The van der Waals surface area contributed by atoms with Crippen molar-refractivity contribution in [3.05, 3.63) is 22.4 Å². The number of carboxylic acid groups (broad SMARTS) is 1. The van der Waals surface area contributed by atoms with Crippen molar-refractivity contribution in [3.63, 3.8) is 0 Å². The highest BCUT2D eigenvalue weighted by molar-refractivity contribution is 7.89. The standard InChI is InChI=1S/C18H29N3O6S2/c1-27-10-12-29(25,26)21-8-6-20(7-9-21)5-4-19-17(22)13-15(14-18(23)24)16-3-2-11-28-16/h2-3,11,15H,4-10,12-14H2,1H3,(H,19,22)(H,23,24). The van der Waals surface area contributed by atoms with Crippen LogP contribution in [0.25, 0.3) is 0 Å². The van der Waals surface area contributed by atoms with E-state index in [2.05, 4.69) is 10.2 Å². The number of hydrogen-bond acceptors (Lipinski definition) is 7. The molecule has 1 atom stereocenters. The first-order chi connectivity index (χ1) is 13.8. The monoisotopic (exact) mass is 447 g/mol. The zero-order valence-electron chi connectivity index (χ0n) is 16.6. The van der Waals surface area contributed by atoms with Gasteiger partial charge < -0.3 is 15.2 Å². The van der Waals surface area contributed by atoms with Gasteiger partial charge in [0.15, 0.2) is 0 Å². The lowest BCUT2D eigenvalue weighted by Gasteiger charge is -2.33. The first kappa shape index (κ1) is 23.7. The van der Waals surface area contributed by atoms with Crippen molar-refractivity contribution < 1.29 is 27.9 Å². The van der Waals surface area contributed by atoms with E-state index in [1.807, 2.05) is 17.5 Å². The summed E-state index contributed by atoms with van der Waals surface area (Å²) >= 11 is 1.46. The molecule has 29 heavy (non-hydrogen) atoms. The molecule has 9 nitrogen and oxygen atoms in total. The molecule has 1 saturated heterocycles. The summed E-state index contributed by atoms with van der Waals surface area (Å²) in [4.78, 5) is 26.3. The fraction of sp³-hybridized carbons (Fsp3) is 0.667. The Bertz CT molecular complexity index is 746. The number of piperazine rings is 1. The van der Waals surface area contributed by atoms with Gasteiger partial charge >= 0.3 is 5.97 Å². The fourth-order valence-corrected chi connectivity index (χ4v) is 5.39. The van der Waals surface area contributed by atoms with Crippen LogP contribution in [0.1, 0.15) is 23.6 Å². The van der Waals surface area contributed by atoms with Crippen LogP contribution >= 0.6 is 11.3 Å². The minimum absolute atomic E-state index is 0.0126. The average molecular weight is 448 g/mol. The number of carbonyl (C=O) groups is 2. The Labute approximate surface area is 175 Å². The van der Waals surface area contributed by atoms with E-state index >= 15 is 0 Å². The van der Waals surface area contributed by atoms with E-state index in [1.54, 1.807) is 0 Å². The quantitative estimate of drug-likeness (QED) is 0.477. The minimum Gasteiger partial charge on any atom is -0.481 e. The van der Waals surface area contributed by atoms with Gasteiger partial charge in [-0.3, -0.25) is 14.5 Å². The Kier molecular flexibility index (Phi) is 9.50. The molecule has 0 aliphatic carbocycles. The highest BCUT2D eigenvalue weighted by atomic mass is 32.2. The molecule has 164 valence electrons. The predicted molar refractivity (Wildman–Crippen MR) is 111 cm³/mol. The summed E-state index contributed by atoms with van der Waals surface area (Å²) in [6.07, 6.45) is 0.0613. The van der Waals surface area contributed by atoms with Crippen molar-refractivity contribution in [1.82, 2.24) is 14.5 Å². The zero-order valence-corrected chi connectivity index (χ0v) is 18.2. The zero-order chi connectivity index (χ0) is 21.3. The number of nitrogens with one attached hydrogen (secondary N) is 1. The molecule has 2 heterocycles. The van der Waals surface area contributed by atoms with E-state index in [0.717, 1.165) is 4.88 Å². The lowest BCUT2D eigenvalue weighted by atomic mass is 9.99. The van der Waals surface area contributed by atoms with Crippen LogP contribution in [-0.4, -0.2) is 93.3 Å². The fourth-order valence-electron chi connectivity index (χ4n) is 3.21. The molecular weight excluding hydrogens is 418 g/mol. The highest BCUT2D eigenvalue weighted by Crippen LogP contribution is 2.27. The summed E-state index contributed by atoms with van der Waals surface area (Å²) < 4.78 is 30.7. The second-order valence-electron chi connectivity index (χ2n) is 6.91.